The first-order valence-electron chi connectivity index (χ1n) is 8.87. The molecule has 0 radical (unpaired) electrons. The van der Waals surface area contributed by atoms with Crippen LogP contribution in [-0.4, -0.2) is 47.2 Å². The first kappa shape index (κ1) is 15.3. The first-order valence-corrected chi connectivity index (χ1v) is 8.87. The molecule has 0 amide bonds. The van der Waals surface area contributed by atoms with Gasteiger partial charge in [-0.15, -0.1) is 0 Å². The number of nitrogens with one attached hydrogen (secondary N) is 1. The van der Waals surface area contributed by atoms with Crippen LogP contribution in [0.5, 0.6) is 0 Å². The van der Waals surface area contributed by atoms with E-state index in [1.54, 1.807) is 0 Å². The van der Waals surface area contributed by atoms with Gasteiger partial charge in [-0.1, -0.05) is 13.3 Å². The first-order chi connectivity index (χ1) is 10.2. The van der Waals surface area contributed by atoms with Crippen molar-refractivity contribution >= 4 is 5.97 Å². The van der Waals surface area contributed by atoms with E-state index in [1.165, 1.54) is 38.5 Å². The maximum Gasteiger partial charge on any atom is 0.317 e. The highest BCUT2D eigenvalue weighted by Crippen LogP contribution is 2.35. The molecule has 0 bridgehead atoms. The smallest absolute Gasteiger partial charge is 0.317 e. The molecular formula is C17H30N2O2. The van der Waals surface area contributed by atoms with Crippen LogP contribution in [0.2, 0.25) is 0 Å². The molecule has 4 heteroatoms. The molecule has 3 rings (SSSR count). The molecule has 2 N–H and O–H groups in total. The van der Waals surface area contributed by atoms with E-state index in [1.807, 2.05) is 0 Å². The summed E-state index contributed by atoms with van der Waals surface area (Å²) in [4.78, 5) is 13.3. The molecule has 0 saturated heterocycles. The van der Waals surface area contributed by atoms with Gasteiger partial charge >= 0.3 is 5.97 Å². The highest BCUT2D eigenvalue weighted by atomic mass is 16.4. The zero-order valence-electron chi connectivity index (χ0n) is 13.3. The summed E-state index contributed by atoms with van der Waals surface area (Å²) in [5.41, 5.74) is 0. The van der Waals surface area contributed by atoms with Crippen LogP contribution >= 0.6 is 0 Å². The molecule has 3 saturated carbocycles. The van der Waals surface area contributed by atoms with Crippen molar-refractivity contribution in [3.8, 4) is 0 Å². The molecule has 0 spiro atoms. The number of carboxylic acid groups (broad SMARTS) is 1. The predicted octanol–water partition coefficient (Wildman–Crippen LogP) is 2.48. The van der Waals surface area contributed by atoms with Crippen LogP contribution in [0.25, 0.3) is 0 Å². The lowest BCUT2D eigenvalue weighted by Gasteiger charge is -2.46. The molecule has 4 nitrogen and oxygen atoms in total. The van der Waals surface area contributed by atoms with Crippen LogP contribution in [-0.2, 0) is 4.79 Å². The van der Waals surface area contributed by atoms with Gasteiger partial charge in [0.1, 0.15) is 0 Å². The highest BCUT2D eigenvalue weighted by molar-refractivity contribution is 5.69. The van der Waals surface area contributed by atoms with E-state index < -0.39 is 5.97 Å². The molecule has 0 heterocycles. The van der Waals surface area contributed by atoms with Gasteiger partial charge in [-0.2, -0.15) is 0 Å². The van der Waals surface area contributed by atoms with Gasteiger partial charge < -0.3 is 10.4 Å². The topological polar surface area (TPSA) is 52.6 Å². The second-order valence-corrected chi connectivity index (χ2v) is 7.46. The molecule has 3 aliphatic rings. The summed E-state index contributed by atoms with van der Waals surface area (Å²) in [5, 5.41) is 12.9. The van der Waals surface area contributed by atoms with E-state index in [0.717, 1.165) is 31.2 Å². The van der Waals surface area contributed by atoms with Crippen LogP contribution in [0.1, 0.15) is 58.3 Å². The van der Waals surface area contributed by atoms with Gasteiger partial charge in [0.15, 0.2) is 0 Å². The average Bonchev–Trinajstić information content (AvgIpc) is 3.11. The van der Waals surface area contributed by atoms with Crippen LogP contribution in [0.4, 0.5) is 0 Å². The second-order valence-electron chi connectivity index (χ2n) is 7.46. The maximum absolute atomic E-state index is 11.0. The van der Waals surface area contributed by atoms with Crippen molar-refractivity contribution in [3.63, 3.8) is 0 Å². The van der Waals surface area contributed by atoms with Crippen LogP contribution in [0.15, 0.2) is 0 Å². The number of hydrogen-bond donors (Lipinski definition) is 2. The van der Waals surface area contributed by atoms with E-state index in [0.29, 0.717) is 18.1 Å². The summed E-state index contributed by atoms with van der Waals surface area (Å²) in [5.74, 6) is 0.998. The lowest BCUT2D eigenvalue weighted by molar-refractivity contribution is -0.139. The Kier molecular flexibility index (Phi) is 4.85. The monoisotopic (exact) mass is 294 g/mol. The Morgan fingerprint density at radius 3 is 2.48 bits per heavy atom. The Morgan fingerprint density at radius 1 is 1.29 bits per heavy atom. The van der Waals surface area contributed by atoms with Gasteiger partial charge in [-0.05, 0) is 56.8 Å². The molecular weight excluding hydrogens is 264 g/mol. The number of aliphatic carboxylic acids is 1. The molecule has 0 aromatic rings. The summed E-state index contributed by atoms with van der Waals surface area (Å²) in [7, 11) is 0. The number of hydrogen-bond acceptors (Lipinski definition) is 3. The third-order valence-electron chi connectivity index (χ3n) is 5.77. The van der Waals surface area contributed by atoms with Gasteiger partial charge in [0.25, 0.3) is 0 Å². The van der Waals surface area contributed by atoms with Crippen LogP contribution < -0.4 is 5.32 Å². The zero-order valence-corrected chi connectivity index (χ0v) is 13.3. The summed E-state index contributed by atoms with van der Waals surface area (Å²) in [6.07, 6.45) is 10.3. The van der Waals surface area contributed by atoms with E-state index in [9.17, 15) is 4.79 Å². The Labute approximate surface area is 128 Å². The number of rotatable bonds is 9. The lowest BCUT2D eigenvalue weighted by Crippen LogP contribution is -2.57. The van der Waals surface area contributed by atoms with Crippen LogP contribution in [0, 0.1) is 11.8 Å². The third-order valence-corrected chi connectivity index (χ3v) is 5.77. The van der Waals surface area contributed by atoms with Crippen molar-refractivity contribution in [1.82, 2.24) is 10.2 Å². The highest BCUT2D eigenvalue weighted by Gasteiger charge is 2.38. The Morgan fingerprint density at radius 2 is 2.00 bits per heavy atom. The largest absolute Gasteiger partial charge is 0.480 e. The maximum atomic E-state index is 11.0. The number of nitrogens with zero attached hydrogens (tertiary/aromatic N) is 1. The number of carbonyl (C=O) groups is 1. The fourth-order valence-corrected chi connectivity index (χ4v) is 3.90. The van der Waals surface area contributed by atoms with Crippen molar-refractivity contribution in [2.75, 3.05) is 13.1 Å². The van der Waals surface area contributed by atoms with E-state index in [-0.39, 0.29) is 6.54 Å². The van der Waals surface area contributed by atoms with Gasteiger partial charge in [0, 0.05) is 24.7 Å². The third kappa shape index (κ3) is 3.98. The fraction of sp³-hybridized carbons (Fsp3) is 0.941. The van der Waals surface area contributed by atoms with Gasteiger partial charge in [-0.25, -0.2) is 0 Å². The lowest BCUT2D eigenvalue weighted by atomic mass is 9.77. The fourth-order valence-electron chi connectivity index (χ4n) is 3.90. The van der Waals surface area contributed by atoms with E-state index in [2.05, 4.69) is 17.1 Å². The standard InChI is InChI=1S/C17H30N2O2/c1-2-16(13-4-3-5-13)18-14-8-15(9-14)19(11-17(20)21)10-12-6-7-12/h12-16,18H,2-11H2,1H3,(H,20,21). The number of carboxylic acids is 1. The van der Waals surface area contributed by atoms with Crippen LogP contribution in [0.3, 0.4) is 0 Å². The minimum atomic E-state index is -0.673. The molecule has 0 aliphatic heterocycles. The molecule has 3 fully saturated rings. The van der Waals surface area contributed by atoms with Crippen molar-refractivity contribution in [2.45, 2.75) is 76.4 Å². The molecule has 3 aliphatic carbocycles. The molecule has 120 valence electrons. The molecule has 0 aromatic heterocycles. The Balaban J connectivity index is 1.42. The predicted molar refractivity (Wildman–Crippen MR) is 83.3 cm³/mol. The SMILES string of the molecule is CCC(NC1CC(N(CC(=O)O)CC2CC2)C1)C1CCC1. The van der Waals surface area contributed by atoms with Gasteiger partial charge in [-0.3, -0.25) is 9.69 Å². The summed E-state index contributed by atoms with van der Waals surface area (Å²) in [6, 6.07) is 1.82. The Hall–Kier alpha value is -0.610. The van der Waals surface area contributed by atoms with Gasteiger partial charge in [0.05, 0.1) is 6.54 Å². The summed E-state index contributed by atoms with van der Waals surface area (Å²) in [6.45, 7) is 3.52. The van der Waals surface area contributed by atoms with Crippen molar-refractivity contribution in [1.29, 1.82) is 0 Å². The van der Waals surface area contributed by atoms with E-state index >= 15 is 0 Å². The minimum absolute atomic E-state index is 0.230. The molecule has 0 aromatic carbocycles. The second kappa shape index (κ2) is 6.66. The zero-order chi connectivity index (χ0) is 14.8. The van der Waals surface area contributed by atoms with E-state index in [4.69, 9.17) is 5.11 Å². The molecule has 21 heavy (non-hydrogen) atoms. The van der Waals surface area contributed by atoms with Crippen molar-refractivity contribution in [3.05, 3.63) is 0 Å². The van der Waals surface area contributed by atoms with Gasteiger partial charge in [0.2, 0.25) is 0 Å². The molecule has 1 unspecified atom stereocenters. The van der Waals surface area contributed by atoms with Crippen molar-refractivity contribution in [2.24, 2.45) is 11.8 Å². The quantitative estimate of drug-likeness (QED) is 0.686. The minimum Gasteiger partial charge on any atom is -0.480 e. The average molecular weight is 294 g/mol. The Bertz CT molecular complexity index is 360. The molecule has 1 atom stereocenters. The normalized spacial score (nSPS) is 30.8. The summed E-state index contributed by atoms with van der Waals surface area (Å²) < 4.78 is 0. The van der Waals surface area contributed by atoms with Crippen molar-refractivity contribution < 1.29 is 9.90 Å². The summed E-state index contributed by atoms with van der Waals surface area (Å²) >= 11 is 0.